The number of rotatable bonds is 6. The number of benzene rings is 1. The molecule has 16 heavy (non-hydrogen) atoms. The Morgan fingerprint density at radius 2 is 2.19 bits per heavy atom. The van der Waals surface area contributed by atoms with Crippen LogP contribution in [0.1, 0.15) is 24.5 Å². The molecule has 0 saturated carbocycles. The molecule has 0 fully saturated rings. The molecule has 1 unspecified atom stereocenters. The standard InChI is InChI=1S/C13H19FOS/c1-3-16-7-6-13(15)9-11-8-12(14)5-4-10(11)2/h4-5,8,13,15H,3,6-7,9H2,1-2H3. The van der Waals surface area contributed by atoms with Gasteiger partial charge in [0.2, 0.25) is 0 Å². The van der Waals surface area contributed by atoms with E-state index in [9.17, 15) is 9.50 Å². The minimum absolute atomic E-state index is 0.226. The summed E-state index contributed by atoms with van der Waals surface area (Å²) < 4.78 is 13.0. The van der Waals surface area contributed by atoms with Crippen LogP contribution in [-0.4, -0.2) is 22.7 Å². The van der Waals surface area contributed by atoms with Crippen molar-refractivity contribution in [2.24, 2.45) is 0 Å². The van der Waals surface area contributed by atoms with E-state index >= 15 is 0 Å². The Bertz CT molecular complexity index is 328. The molecule has 0 aromatic heterocycles. The summed E-state index contributed by atoms with van der Waals surface area (Å²) in [6, 6.07) is 4.74. The van der Waals surface area contributed by atoms with Crippen LogP contribution in [0.3, 0.4) is 0 Å². The average molecular weight is 242 g/mol. The highest BCUT2D eigenvalue weighted by Gasteiger charge is 2.08. The van der Waals surface area contributed by atoms with E-state index in [0.29, 0.717) is 6.42 Å². The molecule has 1 rings (SSSR count). The summed E-state index contributed by atoms with van der Waals surface area (Å²) in [4.78, 5) is 0. The lowest BCUT2D eigenvalue weighted by Crippen LogP contribution is -2.12. The zero-order valence-electron chi connectivity index (χ0n) is 9.87. The molecule has 0 bridgehead atoms. The van der Waals surface area contributed by atoms with Gasteiger partial charge in [-0.2, -0.15) is 11.8 Å². The molecular formula is C13H19FOS. The Morgan fingerprint density at radius 3 is 2.88 bits per heavy atom. The van der Waals surface area contributed by atoms with Crippen molar-refractivity contribution in [2.75, 3.05) is 11.5 Å². The summed E-state index contributed by atoms with van der Waals surface area (Å²) in [5.41, 5.74) is 1.96. The molecule has 0 aliphatic rings. The van der Waals surface area contributed by atoms with Crippen molar-refractivity contribution in [3.8, 4) is 0 Å². The fourth-order valence-electron chi connectivity index (χ4n) is 1.58. The molecule has 1 N–H and O–H groups in total. The maximum Gasteiger partial charge on any atom is 0.123 e. The predicted molar refractivity (Wildman–Crippen MR) is 68.5 cm³/mol. The number of halogens is 1. The van der Waals surface area contributed by atoms with E-state index in [2.05, 4.69) is 6.92 Å². The number of aliphatic hydroxyl groups excluding tert-OH is 1. The molecule has 0 saturated heterocycles. The molecule has 1 aromatic carbocycles. The summed E-state index contributed by atoms with van der Waals surface area (Å²) in [7, 11) is 0. The molecule has 0 amide bonds. The Kier molecular flexibility index (Phi) is 5.85. The van der Waals surface area contributed by atoms with Crippen LogP contribution in [0, 0.1) is 12.7 Å². The fraction of sp³-hybridized carbons (Fsp3) is 0.538. The zero-order valence-corrected chi connectivity index (χ0v) is 10.7. The number of aliphatic hydroxyl groups is 1. The Labute approximate surface area is 101 Å². The molecule has 90 valence electrons. The fourth-order valence-corrected chi connectivity index (χ4v) is 2.31. The van der Waals surface area contributed by atoms with Crippen LogP contribution in [0.5, 0.6) is 0 Å². The van der Waals surface area contributed by atoms with E-state index in [1.165, 1.54) is 12.1 Å². The zero-order chi connectivity index (χ0) is 12.0. The third-order valence-corrected chi connectivity index (χ3v) is 3.50. The van der Waals surface area contributed by atoms with E-state index in [4.69, 9.17) is 0 Å². The second-order valence-corrected chi connectivity index (χ2v) is 5.31. The Balaban J connectivity index is 2.48. The van der Waals surface area contributed by atoms with Gasteiger partial charge in [-0.05, 0) is 54.5 Å². The van der Waals surface area contributed by atoms with Crippen molar-refractivity contribution in [1.29, 1.82) is 0 Å². The highest BCUT2D eigenvalue weighted by atomic mass is 32.2. The van der Waals surface area contributed by atoms with Crippen molar-refractivity contribution in [2.45, 2.75) is 32.8 Å². The Hall–Kier alpha value is -0.540. The SMILES string of the molecule is CCSCCC(O)Cc1cc(F)ccc1C. The quantitative estimate of drug-likeness (QED) is 0.773. The van der Waals surface area contributed by atoms with Crippen LogP contribution in [0.4, 0.5) is 4.39 Å². The van der Waals surface area contributed by atoms with E-state index in [1.807, 2.05) is 18.7 Å². The van der Waals surface area contributed by atoms with Gasteiger partial charge in [-0.25, -0.2) is 4.39 Å². The van der Waals surface area contributed by atoms with Crippen molar-refractivity contribution < 1.29 is 9.50 Å². The van der Waals surface area contributed by atoms with Gasteiger partial charge in [-0.15, -0.1) is 0 Å². The van der Waals surface area contributed by atoms with Crippen LogP contribution in [0.2, 0.25) is 0 Å². The summed E-state index contributed by atoms with van der Waals surface area (Å²) in [5.74, 6) is 1.81. The first-order valence-electron chi connectivity index (χ1n) is 5.64. The maximum atomic E-state index is 13.0. The minimum Gasteiger partial charge on any atom is -0.393 e. The molecule has 1 nitrogen and oxygen atoms in total. The normalized spacial score (nSPS) is 12.8. The van der Waals surface area contributed by atoms with Crippen LogP contribution in [0.15, 0.2) is 18.2 Å². The van der Waals surface area contributed by atoms with Gasteiger partial charge >= 0.3 is 0 Å². The van der Waals surface area contributed by atoms with Crippen molar-refractivity contribution in [3.63, 3.8) is 0 Å². The molecule has 0 heterocycles. The third kappa shape index (κ3) is 4.54. The van der Waals surface area contributed by atoms with Gasteiger partial charge in [0.1, 0.15) is 5.82 Å². The van der Waals surface area contributed by atoms with Crippen LogP contribution < -0.4 is 0 Å². The monoisotopic (exact) mass is 242 g/mol. The predicted octanol–water partition coefficient (Wildman–Crippen LogP) is 3.18. The number of hydrogen-bond donors (Lipinski definition) is 1. The summed E-state index contributed by atoms with van der Waals surface area (Å²) in [6.07, 6.45) is 0.960. The lowest BCUT2D eigenvalue weighted by molar-refractivity contribution is 0.172. The largest absolute Gasteiger partial charge is 0.393 e. The topological polar surface area (TPSA) is 20.2 Å². The molecule has 1 aromatic rings. The van der Waals surface area contributed by atoms with Gasteiger partial charge in [-0.3, -0.25) is 0 Å². The first-order chi connectivity index (χ1) is 7.63. The third-order valence-electron chi connectivity index (χ3n) is 2.57. The van der Waals surface area contributed by atoms with Gasteiger partial charge in [-0.1, -0.05) is 13.0 Å². The summed E-state index contributed by atoms with van der Waals surface area (Å²) in [5, 5.41) is 9.81. The molecular weight excluding hydrogens is 223 g/mol. The lowest BCUT2D eigenvalue weighted by atomic mass is 10.0. The van der Waals surface area contributed by atoms with E-state index in [-0.39, 0.29) is 11.9 Å². The van der Waals surface area contributed by atoms with Gasteiger partial charge in [0.05, 0.1) is 6.10 Å². The van der Waals surface area contributed by atoms with Crippen molar-refractivity contribution in [3.05, 3.63) is 35.1 Å². The Morgan fingerprint density at radius 1 is 1.44 bits per heavy atom. The van der Waals surface area contributed by atoms with Gasteiger partial charge in [0.15, 0.2) is 0 Å². The average Bonchev–Trinajstić information content (AvgIpc) is 2.24. The molecule has 1 atom stereocenters. The first kappa shape index (κ1) is 13.5. The van der Waals surface area contributed by atoms with E-state index in [1.54, 1.807) is 6.07 Å². The van der Waals surface area contributed by atoms with Crippen molar-refractivity contribution >= 4 is 11.8 Å². The van der Waals surface area contributed by atoms with E-state index < -0.39 is 0 Å². The van der Waals surface area contributed by atoms with E-state index in [0.717, 1.165) is 29.1 Å². The second-order valence-electron chi connectivity index (χ2n) is 3.91. The highest BCUT2D eigenvalue weighted by Crippen LogP contribution is 2.14. The summed E-state index contributed by atoms with van der Waals surface area (Å²) in [6.45, 7) is 4.05. The van der Waals surface area contributed by atoms with Crippen LogP contribution in [-0.2, 0) is 6.42 Å². The van der Waals surface area contributed by atoms with Crippen molar-refractivity contribution in [1.82, 2.24) is 0 Å². The van der Waals surface area contributed by atoms with Crippen LogP contribution >= 0.6 is 11.8 Å². The van der Waals surface area contributed by atoms with Gasteiger partial charge in [0.25, 0.3) is 0 Å². The second kappa shape index (κ2) is 6.92. The van der Waals surface area contributed by atoms with Crippen LogP contribution in [0.25, 0.3) is 0 Å². The first-order valence-corrected chi connectivity index (χ1v) is 6.79. The number of hydrogen-bond acceptors (Lipinski definition) is 2. The minimum atomic E-state index is -0.362. The molecule has 0 aliphatic heterocycles. The molecule has 0 aliphatic carbocycles. The highest BCUT2D eigenvalue weighted by molar-refractivity contribution is 7.99. The van der Waals surface area contributed by atoms with Gasteiger partial charge < -0.3 is 5.11 Å². The molecule has 3 heteroatoms. The number of thioether (sulfide) groups is 1. The van der Waals surface area contributed by atoms with Gasteiger partial charge in [0, 0.05) is 0 Å². The maximum absolute atomic E-state index is 13.0. The molecule has 0 radical (unpaired) electrons. The smallest absolute Gasteiger partial charge is 0.123 e. The summed E-state index contributed by atoms with van der Waals surface area (Å²) >= 11 is 1.82. The number of aryl methyl sites for hydroxylation is 1. The lowest BCUT2D eigenvalue weighted by Gasteiger charge is -2.12. The molecule has 0 spiro atoms.